The molecule has 1 heterocycles. The summed E-state index contributed by atoms with van der Waals surface area (Å²) in [6.07, 6.45) is 1.05. The molecule has 26 heavy (non-hydrogen) atoms. The number of nitrogens with zero attached hydrogens (tertiary/aromatic N) is 6. The van der Waals surface area contributed by atoms with E-state index in [9.17, 15) is 33.9 Å². The third-order valence-corrected chi connectivity index (χ3v) is 4.79. The Kier molecular flexibility index (Phi) is 5.51. The average molecular weight is 390 g/mol. The van der Waals surface area contributed by atoms with Crippen LogP contribution in [0.1, 0.15) is 0 Å². The van der Waals surface area contributed by atoms with Crippen LogP contribution in [0, 0.1) is 25.4 Å². The number of non-ortho nitro benzene ring substituents is 1. The van der Waals surface area contributed by atoms with Crippen LogP contribution in [0.15, 0.2) is 23.5 Å². The molecule has 0 unspecified atom stereocenters. The van der Waals surface area contributed by atoms with Gasteiger partial charge in [0.25, 0.3) is 5.69 Å². The van der Waals surface area contributed by atoms with Crippen molar-refractivity contribution in [2.24, 2.45) is 5.28 Å². The highest BCUT2D eigenvalue weighted by Crippen LogP contribution is 2.31. The van der Waals surface area contributed by atoms with Crippen LogP contribution in [0.3, 0.4) is 0 Å². The number of hydrogen-bond acceptors (Lipinski definition) is 9. The maximum atomic E-state index is 11.9. The fourth-order valence-corrected chi connectivity index (χ4v) is 2.98. The van der Waals surface area contributed by atoms with Crippen LogP contribution in [-0.2, 0) is 10.0 Å². The van der Waals surface area contributed by atoms with Crippen molar-refractivity contribution >= 4 is 21.4 Å². The minimum absolute atomic E-state index is 0.0464. The van der Waals surface area contributed by atoms with Crippen molar-refractivity contribution < 1.29 is 28.1 Å². The zero-order valence-electron chi connectivity index (χ0n) is 13.4. The molecule has 0 atom stereocenters. The molecule has 2 rings (SSSR count). The first kappa shape index (κ1) is 19.3. The predicted molar refractivity (Wildman–Crippen MR) is 84.4 cm³/mol. The maximum Gasteiger partial charge on any atom is 0.321 e. The summed E-state index contributed by atoms with van der Waals surface area (Å²) < 4.78 is 24.0. The number of sulfonamides is 1. The normalized spacial score (nSPS) is 16.3. The van der Waals surface area contributed by atoms with E-state index in [0.717, 1.165) is 23.4 Å². The molecule has 1 fully saturated rings. The number of hydrazine groups is 1. The highest BCUT2D eigenvalue weighted by atomic mass is 32.2. The Bertz CT molecular complexity index is 848. The van der Waals surface area contributed by atoms with Crippen molar-refractivity contribution in [1.29, 1.82) is 0 Å². The number of piperazine rings is 1. The third-order valence-electron chi connectivity index (χ3n) is 3.49. The van der Waals surface area contributed by atoms with Crippen LogP contribution in [0.4, 0.5) is 11.4 Å². The lowest BCUT2D eigenvalue weighted by Gasteiger charge is -2.29. The van der Waals surface area contributed by atoms with Gasteiger partial charge in [-0.3, -0.25) is 25.1 Å². The highest BCUT2D eigenvalue weighted by molar-refractivity contribution is 7.88. The minimum Gasteiger partial charge on any atom is -0.569 e. The SMILES string of the molecule is CS(=O)(=O)N1CCN(/[N+]([O-])=N/Oc2ccc([N+](=O)[O-])cc2[N+](=O)[O-])CC1. The molecule has 0 N–H and O–H groups in total. The van der Waals surface area contributed by atoms with E-state index in [1.807, 2.05) is 0 Å². The summed E-state index contributed by atoms with van der Waals surface area (Å²) in [7, 11) is -3.36. The zero-order chi connectivity index (χ0) is 19.5. The smallest absolute Gasteiger partial charge is 0.321 e. The summed E-state index contributed by atoms with van der Waals surface area (Å²) in [4.78, 5) is 24.7. The first-order valence-electron chi connectivity index (χ1n) is 7.07. The first-order valence-corrected chi connectivity index (χ1v) is 8.92. The lowest BCUT2D eigenvalue weighted by atomic mass is 10.2. The van der Waals surface area contributed by atoms with Gasteiger partial charge in [0.2, 0.25) is 21.1 Å². The molecule has 1 aliphatic heterocycles. The molecule has 0 amide bonds. The van der Waals surface area contributed by atoms with Crippen LogP contribution in [0.25, 0.3) is 0 Å². The van der Waals surface area contributed by atoms with E-state index >= 15 is 0 Å². The topological polar surface area (TPSA) is 175 Å². The van der Waals surface area contributed by atoms with Gasteiger partial charge < -0.3 is 5.21 Å². The van der Waals surface area contributed by atoms with Crippen molar-refractivity contribution in [3.63, 3.8) is 0 Å². The maximum absolute atomic E-state index is 11.9. The number of nitro benzene ring substituents is 2. The summed E-state index contributed by atoms with van der Waals surface area (Å²) in [5.74, 6) is -0.448. The molecule has 0 bridgehead atoms. The molecular weight excluding hydrogens is 376 g/mol. The highest BCUT2D eigenvalue weighted by Gasteiger charge is 2.28. The van der Waals surface area contributed by atoms with Crippen LogP contribution in [0.5, 0.6) is 5.75 Å². The van der Waals surface area contributed by atoms with Crippen molar-refractivity contribution in [3.8, 4) is 5.75 Å². The summed E-state index contributed by atoms with van der Waals surface area (Å²) in [6.45, 7) is 0.243. The van der Waals surface area contributed by atoms with Gasteiger partial charge in [-0.1, -0.05) is 0 Å². The van der Waals surface area contributed by atoms with Gasteiger partial charge in [0.1, 0.15) is 0 Å². The molecule has 0 saturated carbocycles. The van der Waals surface area contributed by atoms with Gasteiger partial charge in [0.15, 0.2) is 0 Å². The molecule has 1 aliphatic rings. The van der Waals surface area contributed by atoms with Crippen molar-refractivity contribution in [2.75, 3.05) is 32.4 Å². The molecule has 0 spiro atoms. The monoisotopic (exact) mass is 390 g/mol. The van der Waals surface area contributed by atoms with E-state index in [4.69, 9.17) is 4.84 Å². The average Bonchev–Trinajstić information content (AvgIpc) is 2.58. The molecule has 1 aromatic carbocycles. The molecule has 0 aliphatic carbocycles. The zero-order valence-corrected chi connectivity index (χ0v) is 14.2. The summed E-state index contributed by atoms with van der Waals surface area (Å²) in [6, 6.07) is 2.61. The van der Waals surface area contributed by atoms with E-state index in [-0.39, 0.29) is 31.1 Å². The van der Waals surface area contributed by atoms with Gasteiger partial charge in [-0.25, -0.2) is 8.42 Å². The van der Waals surface area contributed by atoms with Crippen LogP contribution < -0.4 is 4.84 Å². The largest absolute Gasteiger partial charge is 0.569 e. The molecule has 1 saturated heterocycles. The molecule has 142 valence electrons. The van der Waals surface area contributed by atoms with E-state index in [2.05, 4.69) is 5.28 Å². The molecule has 0 aromatic heterocycles. The van der Waals surface area contributed by atoms with Crippen LogP contribution >= 0.6 is 0 Å². The lowest BCUT2D eigenvalue weighted by Crippen LogP contribution is -2.50. The molecule has 1 aromatic rings. The quantitative estimate of drug-likeness (QED) is 0.285. The van der Waals surface area contributed by atoms with Gasteiger partial charge >= 0.3 is 5.69 Å². The van der Waals surface area contributed by atoms with Gasteiger partial charge in [-0.2, -0.15) is 4.31 Å². The Morgan fingerprint density at radius 1 is 1.08 bits per heavy atom. The van der Waals surface area contributed by atoms with Gasteiger partial charge in [-0.05, 0) is 6.07 Å². The van der Waals surface area contributed by atoms with Crippen molar-refractivity contribution in [1.82, 2.24) is 9.31 Å². The fraction of sp³-hybridized carbons (Fsp3) is 0.455. The second kappa shape index (κ2) is 7.44. The Labute approximate surface area is 146 Å². The standard InChI is InChI=1S/C11H14N6O8S/c1-26(23,24)14-6-4-13(5-7-14)17(22)12-25-11-3-2-9(15(18)19)8-10(11)16(20)21/h2-3,8H,4-7H2,1H3/b17-12-. The number of hydrogen-bond donors (Lipinski definition) is 0. The minimum atomic E-state index is -3.36. The van der Waals surface area contributed by atoms with Crippen molar-refractivity contribution in [2.45, 2.75) is 0 Å². The molecule has 14 nitrogen and oxygen atoms in total. The summed E-state index contributed by atoms with van der Waals surface area (Å²) in [5, 5.41) is 37.8. The van der Waals surface area contributed by atoms with E-state index in [0.29, 0.717) is 6.07 Å². The van der Waals surface area contributed by atoms with E-state index in [1.54, 1.807) is 0 Å². The van der Waals surface area contributed by atoms with Crippen molar-refractivity contribution in [3.05, 3.63) is 43.6 Å². The third kappa shape index (κ3) is 4.51. The second-order valence-corrected chi connectivity index (χ2v) is 7.19. The number of nitro groups is 2. The van der Waals surface area contributed by atoms with E-state index < -0.39 is 37.0 Å². The van der Waals surface area contributed by atoms with E-state index in [1.165, 1.54) is 4.31 Å². The first-order chi connectivity index (χ1) is 12.1. The van der Waals surface area contributed by atoms with Gasteiger partial charge in [0, 0.05) is 19.2 Å². The Balaban J connectivity index is 2.10. The molecule has 0 radical (unpaired) electrons. The predicted octanol–water partition coefficient (Wildman–Crippen LogP) is 0.252. The summed E-state index contributed by atoms with van der Waals surface area (Å²) >= 11 is 0. The summed E-state index contributed by atoms with van der Waals surface area (Å²) in [5.41, 5.74) is -1.24. The number of rotatable bonds is 6. The Hall–Kier alpha value is -3.07. The Morgan fingerprint density at radius 2 is 1.69 bits per heavy atom. The lowest BCUT2D eigenvalue weighted by molar-refractivity contribution is -0.708. The number of benzene rings is 1. The fourth-order valence-electron chi connectivity index (χ4n) is 2.15. The van der Waals surface area contributed by atoms with Gasteiger partial charge in [-0.15, -0.1) is 5.01 Å². The van der Waals surface area contributed by atoms with Crippen LogP contribution in [0.2, 0.25) is 0 Å². The molecule has 15 heteroatoms. The Morgan fingerprint density at radius 3 is 2.19 bits per heavy atom. The van der Waals surface area contributed by atoms with Crippen LogP contribution in [-0.4, -0.2) is 65.0 Å². The molecular formula is C11H14N6O8S. The second-order valence-electron chi connectivity index (χ2n) is 5.21. The van der Waals surface area contributed by atoms with Gasteiger partial charge in [0.05, 0.1) is 40.2 Å².